The van der Waals surface area contributed by atoms with Gasteiger partial charge in [0, 0.05) is 31.4 Å². The van der Waals surface area contributed by atoms with E-state index in [1.807, 2.05) is 12.1 Å². The molecule has 0 aromatic carbocycles. The van der Waals surface area contributed by atoms with Crippen LogP contribution in [0, 0.1) is 0 Å². The summed E-state index contributed by atoms with van der Waals surface area (Å²) in [6, 6.07) is 3.72. The average Bonchev–Trinajstić information content (AvgIpc) is 2.28. The molecular formula is C9H11ClN2O2S. The van der Waals surface area contributed by atoms with E-state index in [1.54, 1.807) is 6.20 Å². The first kappa shape index (κ1) is 10.9. The number of fused-ring (bicyclic) bond motifs is 1. The fourth-order valence-corrected chi connectivity index (χ4v) is 2.90. The van der Waals surface area contributed by atoms with Crippen LogP contribution in [0.2, 0.25) is 0 Å². The molecule has 6 heteroatoms. The Hall–Kier alpha value is -0.650. The van der Waals surface area contributed by atoms with E-state index < -0.39 is 10.0 Å². The normalized spacial score (nSPS) is 17.4. The van der Waals surface area contributed by atoms with Crippen LogP contribution in [0.1, 0.15) is 11.3 Å². The monoisotopic (exact) mass is 246 g/mol. The van der Waals surface area contributed by atoms with Crippen LogP contribution in [-0.4, -0.2) is 29.5 Å². The van der Waals surface area contributed by atoms with E-state index in [4.69, 9.17) is 11.6 Å². The molecule has 0 amide bonds. The lowest BCUT2D eigenvalue weighted by molar-refractivity contribution is 0.390. The Balaban J connectivity index is 2.27. The molecule has 2 rings (SSSR count). The lowest BCUT2D eigenvalue weighted by atomic mass is 10.1. The van der Waals surface area contributed by atoms with E-state index in [0.29, 0.717) is 19.5 Å². The van der Waals surface area contributed by atoms with Gasteiger partial charge in [-0.3, -0.25) is 4.98 Å². The number of nitrogens with zero attached hydrogens (tertiary/aromatic N) is 2. The zero-order valence-corrected chi connectivity index (χ0v) is 9.63. The number of alkyl halides is 1. The summed E-state index contributed by atoms with van der Waals surface area (Å²) in [5, 5.41) is -0.359. The molecule has 82 valence electrons. The molecule has 15 heavy (non-hydrogen) atoms. The largest absolute Gasteiger partial charge is 0.261 e. The zero-order chi connectivity index (χ0) is 10.9. The van der Waals surface area contributed by atoms with Crippen molar-refractivity contribution in [3.8, 4) is 0 Å². The second kappa shape index (κ2) is 4.08. The van der Waals surface area contributed by atoms with Gasteiger partial charge in [-0.25, -0.2) is 8.42 Å². The van der Waals surface area contributed by atoms with Crippen LogP contribution in [0.4, 0.5) is 0 Å². The average molecular weight is 247 g/mol. The van der Waals surface area contributed by atoms with E-state index in [1.165, 1.54) is 4.31 Å². The van der Waals surface area contributed by atoms with Gasteiger partial charge in [0.2, 0.25) is 10.0 Å². The smallest absolute Gasteiger partial charge is 0.228 e. The lowest BCUT2D eigenvalue weighted by Crippen LogP contribution is -2.36. The second-order valence-corrected chi connectivity index (χ2v) is 5.97. The van der Waals surface area contributed by atoms with Crippen molar-refractivity contribution < 1.29 is 8.42 Å². The quantitative estimate of drug-likeness (QED) is 0.731. The molecule has 1 aromatic rings. The summed E-state index contributed by atoms with van der Waals surface area (Å²) in [4.78, 5) is 4.21. The minimum Gasteiger partial charge on any atom is -0.261 e. The van der Waals surface area contributed by atoms with E-state index >= 15 is 0 Å². The molecule has 2 heterocycles. The molecule has 0 unspecified atom stereocenters. The maximum atomic E-state index is 11.5. The van der Waals surface area contributed by atoms with Crippen LogP contribution >= 0.6 is 11.6 Å². The zero-order valence-electron chi connectivity index (χ0n) is 8.06. The summed E-state index contributed by atoms with van der Waals surface area (Å²) >= 11 is 5.41. The van der Waals surface area contributed by atoms with Crippen molar-refractivity contribution in [2.75, 3.05) is 11.8 Å². The SMILES string of the molecule is O=S(=O)(CCl)N1CCc2ncccc2C1. The Morgan fingerprint density at radius 1 is 1.53 bits per heavy atom. The third-order valence-electron chi connectivity index (χ3n) is 2.46. The summed E-state index contributed by atoms with van der Waals surface area (Å²) in [5.41, 5.74) is 1.95. The summed E-state index contributed by atoms with van der Waals surface area (Å²) < 4.78 is 24.5. The molecule has 0 atom stereocenters. The van der Waals surface area contributed by atoms with Crippen molar-refractivity contribution in [3.05, 3.63) is 29.6 Å². The van der Waals surface area contributed by atoms with Crippen molar-refractivity contribution >= 4 is 21.6 Å². The summed E-state index contributed by atoms with van der Waals surface area (Å²) in [7, 11) is -3.29. The first-order chi connectivity index (χ1) is 7.13. The Morgan fingerprint density at radius 3 is 3.07 bits per heavy atom. The predicted molar refractivity (Wildman–Crippen MR) is 58.0 cm³/mol. The Morgan fingerprint density at radius 2 is 2.33 bits per heavy atom. The van der Waals surface area contributed by atoms with Crippen molar-refractivity contribution in [2.45, 2.75) is 13.0 Å². The van der Waals surface area contributed by atoms with Crippen LogP contribution in [0.15, 0.2) is 18.3 Å². The fraction of sp³-hybridized carbons (Fsp3) is 0.444. The Kier molecular flexibility index (Phi) is 2.95. The number of hydrogen-bond donors (Lipinski definition) is 0. The number of hydrogen-bond acceptors (Lipinski definition) is 3. The van der Waals surface area contributed by atoms with Gasteiger partial charge in [-0.2, -0.15) is 4.31 Å². The highest BCUT2D eigenvalue weighted by Crippen LogP contribution is 2.19. The van der Waals surface area contributed by atoms with E-state index in [0.717, 1.165) is 11.3 Å². The first-order valence-electron chi connectivity index (χ1n) is 4.60. The predicted octanol–water partition coefficient (Wildman–Crippen LogP) is 0.966. The topological polar surface area (TPSA) is 50.3 Å². The molecule has 1 aliphatic rings. The fourth-order valence-electron chi connectivity index (χ4n) is 1.65. The van der Waals surface area contributed by atoms with Gasteiger partial charge >= 0.3 is 0 Å². The van der Waals surface area contributed by atoms with Crippen molar-refractivity contribution in [2.24, 2.45) is 0 Å². The van der Waals surface area contributed by atoms with E-state index in [9.17, 15) is 8.42 Å². The van der Waals surface area contributed by atoms with Gasteiger partial charge in [-0.1, -0.05) is 6.07 Å². The van der Waals surface area contributed by atoms with Gasteiger partial charge in [-0.15, -0.1) is 11.6 Å². The molecule has 0 spiro atoms. The van der Waals surface area contributed by atoms with Crippen molar-refractivity contribution in [1.29, 1.82) is 0 Å². The molecule has 4 nitrogen and oxygen atoms in total. The summed E-state index contributed by atoms with van der Waals surface area (Å²) in [6.45, 7) is 0.858. The van der Waals surface area contributed by atoms with Crippen LogP contribution in [0.5, 0.6) is 0 Å². The maximum absolute atomic E-state index is 11.5. The minimum absolute atomic E-state index is 0.359. The molecule has 0 aliphatic carbocycles. The number of rotatable bonds is 2. The molecule has 1 aliphatic heterocycles. The number of pyridine rings is 1. The molecule has 1 aromatic heterocycles. The summed E-state index contributed by atoms with van der Waals surface area (Å²) in [6.07, 6.45) is 2.39. The van der Waals surface area contributed by atoms with Crippen LogP contribution in [-0.2, 0) is 23.0 Å². The highest BCUT2D eigenvalue weighted by molar-refractivity contribution is 7.90. The second-order valence-electron chi connectivity index (χ2n) is 3.41. The van der Waals surface area contributed by atoms with Crippen LogP contribution in [0.3, 0.4) is 0 Å². The van der Waals surface area contributed by atoms with Gasteiger partial charge < -0.3 is 0 Å². The van der Waals surface area contributed by atoms with E-state index in [2.05, 4.69) is 4.98 Å². The molecule has 0 saturated carbocycles. The Labute approximate surface area is 93.9 Å². The molecule has 0 bridgehead atoms. The lowest BCUT2D eigenvalue weighted by Gasteiger charge is -2.26. The van der Waals surface area contributed by atoms with Crippen LogP contribution < -0.4 is 0 Å². The molecule has 0 radical (unpaired) electrons. The van der Waals surface area contributed by atoms with Gasteiger partial charge in [-0.05, 0) is 11.6 Å². The number of aromatic nitrogens is 1. The van der Waals surface area contributed by atoms with Gasteiger partial charge in [0.15, 0.2) is 0 Å². The number of sulfonamides is 1. The third-order valence-corrected chi connectivity index (χ3v) is 4.66. The Bertz CT molecular complexity index is 461. The summed E-state index contributed by atoms with van der Waals surface area (Å²) in [5.74, 6) is 0. The van der Waals surface area contributed by atoms with Gasteiger partial charge in [0.25, 0.3) is 0 Å². The standard InChI is InChI=1S/C9H11ClN2O2S/c10-7-15(13,14)12-5-3-9-8(6-12)2-1-4-11-9/h1-2,4H,3,5-7H2. The van der Waals surface area contributed by atoms with Crippen molar-refractivity contribution in [3.63, 3.8) is 0 Å². The van der Waals surface area contributed by atoms with Crippen LogP contribution in [0.25, 0.3) is 0 Å². The van der Waals surface area contributed by atoms with Gasteiger partial charge in [0.05, 0.1) is 0 Å². The third kappa shape index (κ3) is 2.14. The van der Waals surface area contributed by atoms with Crippen molar-refractivity contribution in [1.82, 2.24) is 9.29 Å². The molecule has 0 fully saturated rings. The highest BCUT2D eigenvalue weighted by Gasteiger charge is 2.25. The molecule has 0 N–H and O–H groups in total. The highest BCUT2D eigenvalue weighted by atomic mass is 35.5. The first-order valence-corrected chi connectivity index (χ1v) is 6.74. The molecule has 0 saturated heterocycles. The minimum atomic E-state index is -3.29. The van der Waals surface area contributed by atoms with E-state index in [-0.39, 0.29) is 5.21 Å². The number of halogens is 1. The maximum Gasteiger partial charge on any atom is 0.228 e. The molecular weight excluding hydrogens is 236 g/mol. The van der Waals surface area contributed by atoms with Gasteiger partial charge in [0.1, 0.15) is 5.21 Å².